The molecule has 1 rings (SSSR count). The van der Waals surface area contributed by atoms with E-state index in [1.165, 1.54) is 25.7 Å². The van der Waals surface area contributed by atoms with Crippen LogP contribution in [0.1, 0.15) is 46.5 Å². The van der Waals surface area contributed by atoms with Crippen LogP contribution in [0, 0.1) is 5.92 Å². The van der Waals surface area contributed by atoms with Gasteiger partial charge in [-0.3, -0.25) is 4.79 Å². The molecule has 0 aliphatic heterocycles. The van der Waals surface area contributed by atoms with Crippen LogP contribution >= 0.6 is 11.8 Å². The lowest BCUT2D eigenvalue weighted by Gasteiger charge is -2.27. The van der Waals surface area contributed by atoms with E-state index < -0.39 is 12.0 Å². The Kier molecular flexibility index (Phi) is 6.34. The maximum absolute atomic E-state index is 11.1. The summed E-state index contributed by atoms with van der Waals surface area (Å²) in [7, 11) is 0. The highest BCUT2D eigenvalue weighted by Gasteiger charge is 2.23. The number of rotatable bonds is 6. The van der Waals surface area contributed by atoms with Gasteiger partial charge in [0, 0.05) is 17.0 Å². The second kappa shape index (κ2) is 7.27. The molecule has 1 aliphatic rings. The smallest absolute Gasteiger partial charge is 0.321 e. The quantitative estimate of drug-likeness (QED) is 0.770. The molecule has 0 spiro atoms. The van der Waals surface area contributed by atoms with E-state index in [0.29, 0.717) is 11.0 Å². The van der Waals surface area contributed by atoms with E-state index in [2.05, 4.69) is 12.2 Å². The van der Waals surface area contributed by atoms with E-state index >= 15 is 0 Å². The van der Waals surface area contributed by atoms with Gasteiger partial charge in [0.25, 0.3) is 0 Å². The lowest BCUT2D eigenvalue weighted by Crippen LogP contribution is -2.43. The van der Waals surface area contributed by atoms with Crippen molar-refractivity contribution in [1.82, 2.24) is 5.32 Å². The minimum atomic E-state index is -0.727. The topological polar surface area (TPSA) is 49.3 Å². The van der Waals surface area contributed by atoms with Crippen molar-refractivity contribution >= 4 is 17.7 Å². The Hall–Kier alpha value is -0.220. The Morgan fingerprint density at radius 3 is 2.71 bits per heavy atom. The number of carbonyl (C=O) groups is 1. The minimum absolute atomic E-state index is 0.224. The van der Waals surface area contributed by atoms with Crippen molar-refractivity contribution in [3.8, 4) is 0 Å². The summed E-state index contributed by atoms with van der Waals surface area (Å²) in [5, 5.41) is 12.9. The molecular weight excluding hydrogens is 234 g/mol. The number of nitrogens with one attached hydrogen (secondary N) is 1. The molecule has 0 aromatic rings. The van der Waals surface area contributed by atoms with Crippen LogP contribution in [0.2, 0.25) is 0 Å². The number of carboxylic acid groups (broad SMARTS) is 1. The van der Waals surface area contributed by atoms with Crippen LogP contribution in [0.4, 0.5) is 0 Å². The van der Waals surface area contributed by atoms with Crippen molar-refractivity contribution in [1.29, 1.82) is 0 Å². The van der Waals surface area contributed by atoms with Gasteiger partial charge in [-0.25, -0.2) is 0 Å². The van der Waals surface area contributed by atoms with Gasteiger partial charge in [0.05, 0.1) is 0 Å². The van der Waals surface area contributed by atoms with Crippen molar-refractivity contribution in [2.45, 2.75) is 63.8 Å². The fourth-order valence-electron chi connectivity index (χ4n) is 2.36. The van der Waals surface area contributed by atoms with Crippen LogP contribution in [0.5, 0.6) is 0 Å². The average molecular weight is 259 g/mol. The molecule has 3 nitrogen and oxygen atoms in total. The normalized spacial score (nSPS) is 27.1. The predicted octanol–water partition coefficient (Wildman–Crippen LogP) is 2.75. The van der Waals surface area contributed by atoms with E-state index in [-0.39, 0.29) is 6.04 Å². The third-order valence-corrected chi connectivity index (χ3v) is 4.64. The van der Waals surface area contributed by atoms with E-state index in [1.54, 1.807) is 0 Å². The molecule has 0 saturated heterocycles. The Balaban J connectivity index is 2.32. The molecule has 2 N–H and O–H groups in total. The predicted molar refractivity (Wildman–Crippen MR) is 73.6 cm³/mol. The Morgan fingerprint density at radius 2 is 2.18 bits per heavy atom. The molecule has 3 atom stereocenters. The molecule has 1 fully saturated rings. The average Bonchev–Trinajstić information content (AvgIpc) is 2.23. The van der Waals surface area contributed by atoms with Gasteiger partial charge < -0.3 is 10.4 Å². The molecule has 0 aromatic heterocycles. The lowest BCUT2D eigenvalue weighted by atomic mass is 9.91. The molecule has 100 valence electrons. The Labute approximate surface area is 109 Å². The maximum Gasteiger partial charge on any atom is 0.321 e. The zero-order valence-corrected chi connectivity index (χ0v) is 11.9. The fraction of sp³-hybridized carbons (Fsp3) is 0.923. The SMILES string of the molecule is CC1CCCC(SCC(NC(C)C)C(=O)O)C1. The third kappa shape index (κ3) is 5.77. The number of aliphatic carboxylic acids is 1. The summed E-state index contributed by atoms with van der Waals surface area (Å²) in [6.07, 6.45) is 5.14. The second-order valence-electron chi connectivity index (χ2n) is 5.44. The summed E-state index contributed by atoms with van der Waals surface area (Å²) in [5.41, 5.74) is 0. The second-order valence-corrected chi connectivity index (χ2v) is 6.77. The van der Waals surface area contributed by atoms with Gasteiger partial charge in [0.1, 0.15) is 6.04 Å². The summed E-state index contributed by atoms with van der Waals surface area (Å²) >= 11 is 1.84. The van der Waals surface area contributed by atoms with Crippen LogP contribution < -0.4 is 5.32 Å². The van der Waals surface area contributed by atoms with Gasteiger partial charge in [-0.1, -0.05) is 33.6 Å². The molecule has 1 aliphatic carbocycles. The summed E-state index contributed by atoms with van der Waals surface area (Å²) in [5.74, 6) is 0.767. The molecule has 3 unspecified atom stereocenters. The fourth-order valence-corrected chi connectivity index (χ4v) is 3.86. The monoisotopic (exact) mass is 259 g/mol. The van der Waals surface area contributed by atoms with Crippen molar-refractivity contribution in [3.63, 3.8) is 0 Å². The van der Waals surface area contributed by atoms with Gasteiger partial charge in [-0.05, 0) is 18.8 Å². The van der Waals surface area contributed by atoms with E-state index in [0.717, 1.165) is 5.92 Å². The summed E-state index contributed by atoms with van der Waals surface area (Å²) in [6, 6.07) is -0.181. The number of thioether (sulfide) groups is 1. The maximum atomic E-state index is 11.1. The van der Waals surface area contributed by atoms with Gasteiger partial charge >= 0.3 is 5.97 Å². The third-order valence-electron chi connectivity index (χ3n) is 3.22. The van der Waals surface area contributed by atoms with Crippen LogP contribution in [0.25, 0.3) is 0 Å². The summed E-state index contributed by atoms with van der Waals surface area (Å²) in [4.78, 5) is 11.1. The zero-order chi connectivity index (χ0) is 12.8. The zero-order valence-electron chi connectivity index (χ0n) is 11.1. The van der Waals surface area contributed by atoms with Crippen molar-refractivity contribution < 1.29 is 9.90 Å². The standard InChI is InChI=1S/C13H25NO2S/c1-9(2)14-12(13(15)16)8-17-11-6-4-5-10(3)7-11/h9-12,14H,4-8H2,1-3H3,(H,15,16). The summed E-state index contributed by atoms with van der Waals surface area (Å²) < 4.78 is 0. The molecule has 17 heavy (non-hydrogen) atoms. The van der Waals surface area contributed by atoms with Gasteiger partial charge in [-0.2, -0.15) is 11.8 Å². The molecule has 0 radical (unpaired) electrons. The number of carboxylic acids is 1. The molecule has 0 heterocycles. The van der Waals surface area contributed by atoms with Gasteiger partial charge in [0.2, 0.25) is 0 Å². The van der Waals surface area contributed by atoms with Gasteiger partial charge in [-0.15, -0.1) is 0 Å². The first-order valence-electron chi connectivity index (χ1n) is 6.59. The highest BCUT2D eigenvalue weighted by molar-refractivity contribution is 7.99. The largest absolute Gasteiger partial charge is 0.480 e. The van der Waals surface area contributed by atoms with Crippen LogP contribution in [-0.2, 0) is 4.79 Å². The van der Waals surface area contributed by atoms with Gasteiger partial charge in [0.15, 0.2) is 0 Å². The highest BCUT2D eigenvalue weighted by Crippen LogP contribution is 2.32. The minimum Gasteiger partial charge on any atom is -0.480 e. The molecule has 0 bridgehead atoms. The highest BCUT2D eigenvalue weighted by atomic mass is 32.2. The molecule has 0 aromatic carbocycles. The van der Waals surface area contributed by atoms with E-state index in [1.807, 2.05) is 25.6 Å². The molecule has 1 saturated carbocycles. The Morgan fingerprint density at radius 1 is 1.47 bits per heavy atom. The Bertz CT molecular complexity index is 246. The first-order chi connectivity index (χ1) is 7.99. The van der Waals surface area contributed by atoms with E-state index in [4.69, 9.17) is 5.11 Å². The molecular formula is C13H25NO2S. The molecule has 4 heteroatoms. The van der Waals surface area contributed by atoms with E-state index in [9.17, 15) is 4.79 Å². The number of hydrogen-bond acceptors (Lipinski definition) is 3. The molecule has 0 amide bonds. The summed E-state index contributed by atoms with van der Waals surface area (Å²) in [6.45, 7) is 6.28. The first-order valence-corrected chi connectivity index (χ1v) is 7.64. The lowest BCUT2D eigenvalue weighted by molar-refractivity contribution is -0.139. The van der Waals surface area contributed by atoms with Crippen LogP contribution in [-0.4, -0.2) is 34.2 Å². The van der Waals surface area contributed by atoms with Crippen molar-refractivity contribution in [3.05, 3.63) is 0 Å². The van der Waals surface area contributed by atoms with Crippen molar-refractivity contribution in [2.75, 3.05) is 5.75 Å². The first kappa shape index (κ1) is 14.8. The number of hydrogen-bond donors (Lipinski definition) is 2. The van der Waals surface area contributed by atoms with Crippen LogP contribution in [0.3, 0.4) is 0 Å². The van der Waals surface area contributed by atoms with Crippen LogP contribution in [0.15, 0.2) is 0 Å². The van der Waals surface area contributed by atoms with Crippen molar-refractivity contribution in [2.24, 2.45) is 5.92 Å².